The number of aromatic nitrogens is 2. The molecule has 2 aromatic rings. The van der Waals surface area contributed by atoms with Crippen LogP contribution in [0.2, 0.25) is 0 Å². The molecule has 0 bridgehead atoms. The summed E-state index contributed by atoms with van der Waals surface area (Å²) in [5.74, 6) is -0.248. The zero-order chi connectivity index (χ0) is 12.6. The topological polar surface area (TPSA) is 43.8 Å². The fraction of sp³-hybridized carbons (Fsp3) is 0.357. The molecule has 0 unspecified atom stereocenters. The van der Waals surface area contributed by atoms with Crippen LogP contribution in [-0.4, -0.2) is 9.55 Å². The second kappa shape index (κ2) is 4.21. The van der Waals surface area contributed by atoms with Gasteiger partial charge in [-0.2, -0.15) is 0 Å². The van der Waals surface area contributed by atoms with Crippen LogP contribution in [0.1, 0.15) is 31.2 Å². The van der Waals surface area contributed by atoms with E-state index in [9.17, 15) is 4.39 Å². The maximum Gasteiger partial charge on any atom is 0.147 e. The fourth-order valence-corrected chi connectivity index (χ4v) is 2.72. The molecule has 1 saturated carbocycles. The lowest BCUT2D eigenvalue weighted by atomic mass is 9.89. The summed E-state index contributed by atoms with van der Waals surface area (Å²) in [7, 11) is 0. The Morgan fingerprint density at radius 3 is 2.67 bits per heavy atom. The first-order chi connectivity index (χ1) is 8.69. The Hall–Kier alpha value is -1.68. The molecule has 3 nitrogen and oxygen atoms in total. The minimum atomic E-state index is -0.339. The van der Waals surface area contributed by atoms with Crippen molar-refractivity contribution in [2.75, 3.05) is 0 Å². The van der Waals surface area contributed by atoms with Crippen LogP contribution in [-0.2, 0) is 5.54 Å². The number of imidazole rings is 1. The van der Waals surface area contributed by atoms with E-state index in [1.165, 1.54) is 0 Å². The largest absolute Gasteiger partial charge is 0.321 e. The van der Waals surface area contributed by atoms with Crippen molar-refractivity contribution in [3.8, 4) is 5.69 Å². The zero-order valence-electron chi connectivity index (χ0n) is 10.1. The Bertz CT molecular complexity index is 542. The first kappa shape index (κ1) is 11.4. The molecule has 1 heterocycles. The van der Waals surface area contributed by atoms with E-state index < -0.39 is 0 Å². The molecule has 1 aromatic carbocycles. The van der Waals surface area contributed by atoms with Crippen LogP contribution in [0.4, 0.5) is 4.39 Å². The molecule has 0 spiro atoms. The van der Waals surface area contributed by atoms with Gasteiger partial charge in [0.05, 0.1) is 12.0 Å². The van der Waals surface area contributed by atoms with Crippen molar-refractivity contribution in [1.29, 1.82) is 0 Å². The van der Waals surface area contributed by atoms with Crippen LogP contribution in [0.15, 0.2) is 36.9 Å². The number of benzene rings is 1. The Morgan fingerprint density at radius 2 is 2.06 bits per heavy atom. The average molecular weight is 245 g/mol. The summed E-state index contributed by atoms with van der Waals surface area (Å²) in [4.78, 5) is 3.92. The lowest BCUT2D eigenvalue weighted by Gasteiger charge is -2.24. The van der Waals surface area contributed by atoms with Crippen molar-refractivity contribution in [2.24, 2.45) is 5.73 Å². The average Bonchev–Trinajstić information content (AvgIpc) is 3.00. The minimum Gasteiger partial charge on any atom is -0.321 e. The Balaban J connectivity index is 1.99. The third kappa shape index (κ3) is 1.82. The quantitative estimate of drug-likeness (QED) is 0.884. The number of hydrogen-bond donors (Lipinski definition) is 1. The van der Waals surface area contributed by atoms with Crippen molar-refractivity contribution >= 4 is 0 Å². The standard InChI is InChI=1S/C14H16FN3/c15-12-9-11(14(16)5-1-2-6-14)3-4-13(12)18-8-7-17-10-18/h3-4,7-10H,1-2,5-6,16H2. The summed E-state index contributed by atoms with van der Waals surface area (Å²) in [5, 5.41) is 0. The predicted octanol–water partition coefficient (Wildman–Crippen LogP) is 2.74. The molecule has 1 fully saturated rings. The minimum absolute atomic E-state index is 0.248. The molecule has 1 aromatic heterocycles. The fourth-order valence-electron chi connectivity index (χ4n) is 2.72. The van der Waals surface area contributed by atoms with Crippen LogP contribution in [0.3, 0.4) is 0 Å². The van der Waals surface area contributed by atoms with Gasteiger partial charge in [-0.15, -0.1) is 0 Å². The number of nitrogens with zero attached hydrogens (tertiary/aromatic N) is 2. The van der Waals surface area contributed by atoms with Gasteiger partial charge >= 0.3 is 0 Å². The molecule has 1 aliphatic rings. The molecule has 0 saturated heterocycles. The van der Waals surface area contributed by atoms with E-state index >= 15 is 0 Å². The van der Waals surface area contributed by atoms with E-state index in [0.29, 0.717) is 5.69 Å². The monoisotopic (exact) mass is 245 g/mol. The predicted molar refractivity (Wildman–Crippen MR) is 67.9 cm³/mol. The van der Waals surface area contributed by atoms with Crippen molar-refractivity contribution in [2.45, 2.75) is 31.2 Å². The smallest absolute Gasteiger partial charge is 0.147 e. The summed E-state index contributed by atoms with van der Waals surface area (Å²) in [5.41, 5.74) is 7.41. The molecular formula is C14H16FN3. The summed E-state index contributed by atoms with van der Waals surface area (Å²) in [6.45, 7) is 0. The van der Waals surface area contributed by atoms with E-state index in [2.05, 4.69) is 4.98 Å². The second-order valence-corrected chi connectivity index (χ2v) is 5.00. The molecule has 18 heavy (non-hydrogen) atoms. The highest BCUT2D eigenvalue weighted by Crippen LogP contribution is 2.36. The molecule has 0 aliphatic heterocycles. The van der Waals surface area contributed by atoms with Crippen molar-refractivity contribution < 1.29 is 4.39 Å². The molecule has 2 N–H and O–H groups in total. The van der Waals surface area contributed by atoms with Crippen LogP contribution in [0.5, 0.6) is 0 Å². The van der Waals surface area contributed by atoms with Gasteiger partial charge in [-0.3, -0.25) is 0 Å². The van der Waals surface area contributed by atoms with Gasteiger partial charge in [-0.05, 0) is 30.5 Å². The Morgan fingerprint density at radius 1 is 1.28 bits per heavy atom. The first-order valence-corrected chi connectivity index (χ1v) is 6.26. The van der Waals surface area contributed by atoms with Crippen LogP contribution in [0, 0.1) is 5.82 Å². The van der Waals surface area contributed by atoms with Gasteiger partial charge in [-0.25, -0.2) is 9.37 Å². The third-order valence-corrected chi connectivity index (χ3v) is 3.80. The second-order valence-electron chi connectivity index (χ2n) is 5.00. The van der Waals surface area contributed by atoms with Crippen LogP contribution in [0.25, 0.3) is 5.69 Å². The van der Waals surface area contributed by atoms with Crippen LogP contribution < -0.4 is 5.73 Å². The number of nitrogens with two attached hydrogens (primary N) is 1. The van der Waals surface area contributed by atoms with E-state index in [1.807, 2.05) is 6.07 Å². The van der Waals surface area contributed by atoms with Gasteiger partial charge in [0.25, 0.3) is 0 Å². The normalized spacial score (nSPS) is 18.1. The summed E-state index contributed by atoms with van der Waals surface area (Å²) >= 11 is 0. The molecule has 1 aliphatic carbocycles. The van der Waals surface area contributed by atoms with Gasteiger partial charge in [0.2, 0.25) is 0 Å². The highest BCUT2D eigenvalue weighted by Gasteiger charge is 2.31. The molecule has 0 radical (unpaired) electrons. The SMILES string of the molecule is NC1(c2ccc(-n3ccnc3)c(F)c2)CCCC1. The van der Waals surface area contributed by atoms with Gasteiger partial charge in [0.15, 0.2) is 0 Å². The first-order valence-electron chi connectivity index (χ1n) is 6.26. The maximum atomic E-state index is 14.1. The van der Waals surface area contributed by atoms with E-state index in [-0.39, 0.29) is 11.4 Å². The van der Waals surface area contributed by atoms with Crippen LogP contribution >= 0.6 is 0 Å². The lowest BCUT2D eigenvalue weighted by molar-refractivity contribution is 0.457. The van der Waals surface area contributed by atoms with E-state index in [1.54, 1.807) is 35.4 Å². The Kier molecular flexibility index (Phi) is 2.67. The van der Waals surface area contributed by atoms with E-state index in [0.717, 1.165) is 31.2 Å². The summed E-state index contributed by atoms with van der Waals surface area (Å²) in [6, 6.07) is 5.28. The molecule has 4 heteroatoms. The number of rotatable bonds is 2. The van der Waals surface area contributed by atoms with Gasteiger partial charge in [0, 0.05) is 17.9 Å². The lowest BCUT2D eigenvalue weighted by Crippen LogP contribution is -2.33. The maximum absolute atomic E-state index is 14.1. The Labute approximate surface area is 105 Å². The molecule has 0 amide bonds. The molecular weight excluding hydrogens is 229 g/mol. The molecule has 94 valence electrons. The van der Waals surface area contributed by atoms with Crippen molar-refractivity contribution in [3.05, 3.63) is 48.3 Å². The van der Waals surface area contributed by atoms with Gasteiger partial charge < -0.3 is 10.3 Å². The summed E-state index contributed by atoms with van der Waals surface area (Å²) < 4.78 is 15.8. The van der Waals surface area contributed by atoms with Crippen molar-refractivity contribution in [1.82, 2.24) is 9.55 Å². The van der Waals surface area contributed by atoms with Crippen molar-refractivity contribution in [3.63, 3.8) is 0 Å². The van der Waals surface area contributed by atoms with E-state index in [4.69, 9.17) is 5.73 Å². The van der Waals surface area contributed by atoms with Gasteiger partial charge in [0.1, 0.15) is 5.82 Å². The highest BCUT2D eigenvalue weighted by molar-refractivity contribution is 5.39. The van der Waals surface area contributed by atoms with Gasteiger partial charge in [-0.1, -0.05) is 18.9 Å². The number of halogens is 1. The highest BCUT2D eigenvalue weighted by atomic mass is 19.1. The third-order valence-electron chi connectivity index (χ3n) is 3.80. The number of hydrogen-bond acceptors (Lipinski definition) is 2. The molecule has 3 rings (SSSR count). The zero-order valence-corrected chi connectivity index (χ0v) is 10.1. The molecule has 0 atom stereocenters. The summed E-state index contributed by atoms with van der Waals surface area (Å²) in [6.07, 6.45) is 9.09.